The van der Waals surface area contributed by atoms with Crippen molar-refractivity contribution in [3.63, 3.8) is 0 Å². The highest BCUT2D eigenvalue weighted by Crippen LogP contribution is 2.14. The molecule has 1 saturated heterocycles. The number of rotatable bonds is 2. The van der Waals surface area contributed by atoms with E-state index in [1.807, 2.05) is 0 Å². The Kier molecular flexibility index (Phi) is 3.45. The van der Waals surface area contributed by atoms with Gasteiger partial charge >= 0.3 is 0 Å². The lowest BCUT2D eigenvalue weighted by atomic mass is 10.0. The van der Waals surface area contributed by atoms with Crippen LogP contribution in [-0.4, -0.2) is 11.9 Å². The van der Waals surface area contributed by atoms with Gasteiger partial charge in [0.1, 0.15) is 6.42 Å². The smallest absolute Gasteiger partial charge is 0.224 e. The van der Waals surface area contributed by atoms with Crippen molar-refractivity contribution in [2.75, 3.05) is 0 Å². The zero-order valence-corrected chi connectivity index (χ0v) is 7.97. The van der Waals surface area contributed by atoms with Crippen molar-refractivity contribution >= 4 is 5.91 Å². The zero-order chi connectivity index (χ0) is 8.97. The van der Waals surface area contributed by atoms with E-state index >= 15 is 0 Å². The predicted molar refractivity (Wildman–Crippen MR) is 49.5 cm³/mol. The first kappa shape index (κ1) is 9.43. The Balaban J connectivity index is 2.36. The van der Waals surface area contributed by atoms with Crippen LogP contribution >= 0.6 is 0 Å². The van der Waals surface area contributed by atoms with Gasteiger partial charge in [-0.2, -0.15) is 0 Å². The molecule has 1 rings (SSSR count). The molecule has 2 heteroatoms. The van der Waals surface area contributed by atoms with Crippen molar-refractivity contribution in [1.82, 2.24) is 5.32 Å². The lowest BCUT2D eigenvalue weighted by Crippen LogP contribution is -2.33. The quantitative estimate of drug-likeness (QED) is 0.627. The summed E-state index contributed by atoms with van der Waals surface area (Å²) in [4.78, 5) is 11.1. The van der Waals surface area contributed by atoms with Crippen LogP contribution in [0.25, 0.3) is 0 Å². The Morgan fingerprint density at radius 3 is 3.08 bits per heavy atom. The lowest BCUT2D eigenvalue weighted by molar-refractivity contribution is -0.121. The number of nitrogens with one attached hydrogen (secondary N) is 1. The molecule has 0 radical (unpaired) electrons. The van der Waals surface area contributed by atoms with Crippen molar-refractivity contribution < 1.29 is 4.79 Å². The van der Waals surface area contributed by atoms with Crippen molar-refractivity contribution in [1.29, 1.82) is 0 Å². The Labute approximate surface area is 74.7 Å². The molecule has 68 valence electrons. The molecule has 0 aromatic heterocycles. The molecule has 1 aliphatic heterocycles. The molecule has 0 aromatic rings. The number of carbonyl (C=O) groups is 1. The molecular weight excluding hydrogens is 150 g/mol. The Hall–Kier alpha value is -0.660. The summed E-state index contributed by atoms with van der Waals surface area (Å²) in [5, 5.41) is 3.04. The van der Waals surface area contributed by atoms with Crippen LogP contribution in [0.1, 0.15) is 39.5 Å². The van der Waals surface area contributed by atoms with Gasteiger partial charge in [-0.1, -0.05) is 13.8 Å². The third-order valence-corrected chi connectivity index (χ3v) is 2.15. The molecule has 0 aliphatic carbocycles. The molecule has 1 aliphatic rings. The van der Waals surface area contributed by atoms with Crippen LogP contribution in [0.15, 0.2) is 0 Å². The van der Waals surface area contributed by atoms with Crippen LogP contribution in [-0.2, 0) is 4.79 Å². The van der Waals surface area contributed by atoms with Crippen LogP contribution in [0.4, 0.5) is 0 Å². The van der Waals surface area contributed by atoms with Gasteiger partial charge in [0.2, 0.25) is 5.91 Å². The van der Waals surface area contributed by atoms with Crippen LogP contribution in [0.5, 0.6) is 0 Å². The highest BCUT2D eigenvalue weighted by molar-refractivity contribution is 5.76. The molecule has 12 heavy (non-hydrogen) atoms. The minimum atomic E-state index is 0.217. The third-order valence-electron chi connectivity index (χ3n) is 2.15. The molecule has 1 N–H and O–H groups in total. The Morgan fingerprint density at radius 1 is 1.67 bits per heavy atom. The first-order valence-electron chi connectivity index (χ1n) is 4.79. The fourth-order valence-corrected chi connectivity index (χ4v) is 1.64. The van der Waals surface area contributed by atoms with Crippen molar-refractivity contribution in [3.8, 4) is 0 Å². The largest absolute Gasteiger partial charge is 0.349 e. The summed E-state index contributed by atoms with van der Waals surface area (Å²) >= 11 is 0. The summed E-state index contributed by atoms with van der Waals surface area (Å²) in [7, 11) is 0. The van der Waals surface area contributed by atoms with E-state index in [-0.39, 0.29) is 5.91 Å². The molecule has 1 unspecified atom stereocenters. The first-order valence-corrected chi connectivity index (χ1v) is 4.79. The Morgan fingerprint density at radius 2 is 2.42 bits per heavy atom. The van der Waals surface area contributed by atoms with E-state index in [2.05, 4.69) is 25.6 Å². The van der Waals surface area contributed by atoms with Crippen LogP contribution in [0, 0.1) is 12.3 Å². The summed E-state index contributed by atoms with van der Waals surface area (Å²) in [6, 6.07) is 0.389. The molecule has 2 nitrogen and oxygen atoms in total. The molecule has 0 spiro atoms. The van der Waals surface area contributed by atoms with Crippen LogP contribution in [0.3, 0.4) is 0 Å². The monoisotopic (exact) mass is 168 g/mol. The molecule has 1 amide bonds. The van der Waals surface area contributed by atoms with Gasteiger partial charge in [0.25, 0.3) is 0 Å². The topological polar surface area (TPSA) is 29.1 Å². The average molecular weight is 168 g/mol. The van der Waals surface area contributed by atoms with E-state index in [4.69, 9.17) is 0 Å². The maximum atomic E-state index is 11.1. The first-order chi connectivity index (χ1) is 5.68. The average Bonchev–Trinajstić information content (AvgIpc) is 2.12. The molecule has 0 bridgehead atoms. The van der Waals surface area contributed by atoms with Crippen LogP contribution in [0.2, 0.25) is 0 Å². The standard InChI is InChI=1S/C10H17NO/c1-8(2)7-9-5-3-4-6-10(12)11-9/h3,8-9H,4-7H2,1-2H3/p+1. The van der Waals surface area contributed by atoms with Crippen molar-refractivity contribution in [3.05, 3.63) is 6.42 Å². The highest BCUT2D eigenvalue weighted by atomic mass is 16.1. The summed E-state index contributed by atoms with van der Waals surface area (Å²) in [5.74, 6) is 0.885. The van der Waals surface area contributed by atoms with Crippen LogP contribution < -0.4 is 5.32 Å². The summed E-state index contributed by atoms with van der Waals surface area (Å²) < 4.78 is 0. The van der Waals surface area contributed by atoms with E-state index in [9.17, 15) is 4.79 Å². The summed E-state index contributed by atoms with van der Waals surface area (Å²) in [6.45, 7) is 4.38. The fraction of sp³-hybridized carbons (Fsp3) is 0.800. The second kappa shape index (κ2) is 4.39. The van der Waals surface area contributed by atoms with Crippen molar-refractivity contribution in [2.24, 2.45) is 5.92 Å². The summed E-state index contributed by atoms with van der Waals surface area (Å²) in [6.07, 6.45) is 5.99. The summed E-state index contributed by atoms with van der Waals surface area (Å²) in [5.41, 5.74) is 0. The molecule has 1 heterocycles. The number of amides is 1. The number of hydrogen-bond donors (Lipinski definition) is 1. The van der Waals surface area contributed by atoms with Gasteiger partial charge in [-0.25, -0.2) is 0 Å². The predicted octanol–water partition coefficient (Wildman–Crippen LogP) is 1.91. The van der Waals surface area contributed by atoms with E-state index in [1.54, 1.807) is 0 Å². The van der Waals surface area contributed by atoms with Gasteiger partial charge in [0.05, 0.1) is 25.3 Å². The lowest BCUT2D eigenvalue weighted by Gasteiger charge is -2.14. The number of hydrogen-bond acceptors (Lipinski definition) is 1. The van der Waals surface area contributed by atoms with Gasteiger partial charge in [0, 0.05) is 0 Å². The van der Waals surface area contributed by atoms with Gasteiger partial charge in [-0.3, -0.25) is 4.79 Å². The molecule has 0 aromatic carbocycles. The third kappa shape index (κ3) is 3.16. The SMILES string of the molecule is CC(C)CC1C[CH+]CCC(=O)N1. The normalized spacial score (nSPS) is 24.6. The number of carbonyl (C=O) groups excluding carboxylic acids is 1. The van der Waals surface area contributed by atoms with Gasteiger partial charge < -0.3 is 5.32 Å². The second-order valence-electron chi connectivity index (χ2n) is 3.96. The Bertz CT molecular complexity index is 154. The van der Waals surface area contributed by atoms with Gasteiger partial charge in [-0.15, -0.1) is 0 Å². The fourth-order valence-electron chi connectivity index (χ4n) is 1.64. The zero-order valence-electron chi connectivity index (χ0n) is 7.97. The molecular formula is C10H18NO+. The minimum absolute atomic E-state index is 0.217. The van der Waals surface area contributed by atoms with E-state index < -0.39 is 0 Å². The van der Waals surface area contributed by atoms with Gasteiger partial charge in [0.15, 0.2) is 0 Å². The second-order valence-corrected chi connectivity index (χ2v) is 3.96. The molecule has 1 fully saturated rings. The molecule has 0 saturated carbocycles. The van der Waals surface area contributed by atoms with E-state index in [0.29, 0.717) is 18.4 Å². The van der Waals surface area contributed by atoms with Gasteiger partial charge in [-0.05, 0) is 12.3 Å². The maximum Gasteiger partial charge on any atom is 0.224 e. The minimum Gasteiger partial charge on any atom is -0.349 e. The van der Waals surface area contributed by atoms with E-state index in [1.165, 1.54) is 0 Å². The van der Waals surface area contributed by atoms with E-state index in [0.717, 1.165) is 19.3 Å². The maximum absolute atomic E-state index is 11.1. The molecule has 1 atom stereocenters. The highest BCUT2D eigenvalue weighted by Gasteiger charge is 2.21. The van der Waals surface area contributed by atoms with Crippen molar-refractivity contribution in [2.45, 2.75) is 45.6 Å².